The molecule has 1 aromatic carbocycles. The number of fused-ring (bicyclic) bond motifs is 1. The average molecular weight is 408 g/mol. The normalized spacial score (nSPS) is 12.4. The third-order valence-electron chi connectivity index (χ3n) is 3.52. The van der Waals surface area contributed by atoms with Crippen molar-refractivity contribution in [3.05, 3.63) is 40.9 Å². The molecule has 11 heteroatoms. The lowest BCUT2D eigenvalue weighted by molar-refractivity contribution is -0.115. The van der Waals surface area contributed by atoms with Gasteiger partial charge >= 0.3 is 0 Å². The lowest BCUT2D eigenvalue weighted by Crippen LogP contribution is -2.28. The zero-order chi connectivity index (χ0) is 19.6. The van der Waals surface area contributed by atoms with Crippen LogP contribution in [0.1, 0.15) is 5.76 Å². The number of aryl methyl sites for hydroxylation is 2. The number of aromatic nitrogens is 2. The number of benzene rings is 1. The Hall–Kier alpha value is -2.79. The Labute approximate surface area is 158 Å². The molecule has 1 N–H and O–H groups in total. The predicted molar refractivity (Wildman–Crippen MR) is 99.9 cm³/mol. The molecule has 0 spiro atoms. The molecule has 0 aliphatic heterocycles. The molecule has 3 rings (SSSR count). The summed E-state index contributed by atoms with van der Waals surface area (Å²) in [6.45, 7) is 1.63. The lowest BCUT2D eigenvalue weighted by atomic mass is 10.3. The first-order valence-electron chi connectivity index (χ1n) is 7.79. The number of rotatable bonds is 5. The van der Waals surface area contributed by atoms with Crippen LogP contribution in [0.5, 0.6) is 0 Å². The van der Waals surface area contributed by atoms with Gasteiger partial charge in [-0.25, -0.2) is 8.42 Å². The van der Waals surface area contributed by atoms with E-state index in [2.05, 4.69) is 15.5 Å². The molecule has 3 aromatic rings. The number of thiazole rings is 1. The SMILES string of the molecule is Cc1cc(NC(=O)CS(=O)(=O)CC(=O)N=c2sc3ccccc3n2C)no1. The highest BCUT2D eigenvalue weighted by molar-refractivity contribution is 7.92. The molecule has 2 heterocycles. The second kappa shape index (κ2) is 7.45. The van der Waals surface area contributed by atoms with Crippen molar-refractivity contribution in [2.75, 3.05) is 16.8 Å². The average Bonchev–Trinajstić information content (AvgIpc) is 3.10. The van der Waals surface area contributed by atoms with Gasteiger partial charge in [-0.05, 0) is 19.1 Å². The molecule has 0 aliphatic carbocycles. The van der Waals surface area contributed by atoms with Gasteiger partial charge in [0.05, 0.1) is 10.2 Å². The van der Waals surface area contributed by atoms with Crippen molar-refractivity contribution in [1.82, 2.24) is 9.72 Å². The Bertz CT molecular complexity index is 1190. The molecule has 0 unspecified atom stereocenters. The number of carbonyl (C=O) groups excluding carboxylic acids is 2. The van der Waals surface area contributed by atoms with Gasteiger partial charge in [0.25, 0.3) is 5.91 Å². The minimum atomic E-state index is -3.97. The summed E-state index contributed by atoms with van der Waals surface area (Å²) in [5.41, 5.74) is 0.888. The molecule has 0 radical (unpaired) electrons. The Balaban J connectivity index is 1.70. The van der Waals surface area contributed by atoms with E-state index in [1.807, 2.05) is 24.3 Å². The maximum absolute atomic E-state index is 12.1. The quantitative estimate of drug-likeness (QED) is 0.672. The third-order valence-corrected chi connectivity index (χ3v) is 6.03. The van der Waals surface area contributed by atoms with Crippen LogP contribution < -0.4 is 10.1 Å². The summed E-state index contributed by atoms with van der Waals surface area (Å²) >= 11 is 1.28. The highest BCUT2D eigenvalue weighted by Gasteiger charge is 2.21. The number of anilines is 1. The van der Waals surface area contributed by atoms with Gasteiger partial charge < -0.3 is 14.4 Å². The number of hydrogen-bond acceptors (Lipinski definition) is 7. The highest BCUT2D eigenvalue weighted by Crippen LogP contribution is 2.15. The van der Waals surface area contributed by atoms with Gasteiger partial charge in [0.2, 0.25) is 5.91 Å². The first kappa shape index (κ1) is 19.0. The molecule has 2 amide bonds. The number of sulfone groups is 1. The summed E-state index contributed by atoms with van der Waals surface area (Å²) in [6, 6.07) is 8.94. The van der Waals surface area contributed by atoms with Gasteiger partial charge in [0.1, 0.15) is 17.3 Å². The van der Waals surface area contributed by atoms with E-state index in [1.165, 1.54) is 17.4 Å². The highest BCUT2D eigenvalue weighted by atomic mass is 32.2. The van der Waals surface area contributed by atoms with E-state index in [9.17, 15) is 18.0 Å². The summed E-state index contributed by atoms with van der Waals surface area (Å²) in [5, 5.41) is 5.85. The Kier molecular flexibility index (Phi) is 5.24. The molecular weight excluding hydrogens is 392 g/mol. The standard InChI is InChI=1S/C16H16N4O5S2/c1-10-7-13(19-25-10)17-14(21)8-27(23,24)9-15(22)18-16-20(2)11-5-3-4-6-12(11)26-16/h3-7H,8-9H2,1-2H3,(H,17,19,21). The van der Waals surface area contributed by atoms with E-state index in [0.717, 1.165) is 10.2 Å². The molecule has 0 aliphatic rings. The number of para-hydroxylation sites is 1. The predicted octanol–water partition coefficient (Wildman–Crippen LogP) is 1.02. The second-order valence-electron chi connectivity index (χ2n) is 5.82. The fourth-order valence-electron chi connectivity index (χ4n) is 2.37. The van der Waals surface area contributed by atoms with Gasteiger partial charge in [0.15, 0.2) is 20.5 Å². The molecule has 9 nitrogen and oxygen atoms in total. The fourth-order valence-corrected chi connectivity index (χ4v) is 4.42. The van der Waals surface area contributed by atoms with Crippen molar-refractivity contribution >= 4 is 49.0 Å². The molecule has 142 valence electrons. The molecule has 0 bridgehead atoms. The van der Waals surface area contributed by atoms with Crippen LogP contribution in [0.25, 0.3) is 10.2 Å². The monoisotopic (exact) mass is 408 g/mol. The summed E-state index contributed by atoms with van der Waals surface area (Å²) in [7, 11) is -2.23. The van der Waals surface area contributed by atoms with Gasteiger partial charge in [-0.1, -0.05) is 28.6 Å². The maximum atomic E-state index is 12.1. The van der Waals surface area contributed by atoms with E-state index in [1.54, 1.807) is 18.5 Å². The number of nitrogens with one attached hydrogen (secondary N) is 1. The summed E-state index contributed by atoms with van der Waals surface area (Å²) in [5.74, 6) is -2.75. The van der Waals surface area contributed by atoms with E-state index in [-0.39, 0.29) is 5.82 Å². The minimum Gasteiger partial charge on any atom is -0.360 e. The van der Waals surface area contributed by atoms with Gasteiger partial charge in [-0.15, -0.1) is 0 Å². The van der Waals surface area contributed by atoms with Crippen molar-refractivity contribution in [2.24, 2.45) is 12.0 Å². The maximum Gasteiger partial charge on any atom is 0.263 e. The Morgan fingerprint density at radius 3 is 2.70 bits per heavy atom. The third kappa shape index (κ3) is 4.68. The van der Waals surface area contributed by atoms with Crippen molar-refractivity contribution < 1.29 is 22.5 Å². The molecule has 0 saturated carbocycles. The van der Waals surface area contributed by atoms with Gasteiger partial charge in [-0.2, -0.15) is 4.99 Å². The van der Waals surface area contributed by atoms with Crippen LogP contribution >= 0.6 is 11.3 Å². The number of nitrogens with zero attached hydrogens (tertiary/aromatic N) is 3. The molecule has 0 fully saturated rings. The summed E-state index contributed by atoms with van der Waals surface area (Å²) < 4.78 is 31.6. The van der Waals surface area contributed by atoms with Crippen LogP contribution in [-0.4, -0.2) is 41.5 Å². The summed E-state index contributed by atoms with van der Waals surface area (Å²) in [6.07, 6.45) is 0. The zero-order valence-corrected chi connectivity index (χ0v) is 16.1. The van der Waals surface area contributed by atoms with Crippen LogP contribution in [0, 0.1) is 6.92 Å². The van der Waals surface area contributed by atoms with Crippen molar-refractivity contribution in [3.63, 3.8) is 0 Å². The van der Waals surface area contributed by atoms with Crippen molar-refractivity contribution in [1.29, 1.82) is 0 Å². The largest absolute Gasteiger partial charge is 0.360 e. The van der Waals surface area contributed by atoms with Crippen LogP contribution in [-0.2, 0) is 26.5 Å². The first-order chi connectivity index (χ1) is 12.7. The molecular formula is C16H16N4O5S2. The van der Waals surface area contributed by atoms with Crippen molar-refractivity contribution in [2.45, 2.75) is 6.92 Å². The number of carbonyl (C=O) groups is 2. The second-order valence-corrected chi connectivity index (χ2v) is 8.89. The van der Waals surface area contributed by atoms with Gasteiger partial charge in [-0.3, -0.25) is 9.59 Å². The van der Waals surface area contributed by atoms with E-state index in [4.69, 9.17) is 4.52 Å². The van der Waals surface area contributed by atoms with Crippen LogP contribution in [0.2, 0.25) is 0 Å². The molecule has 27 heavy (non-hydrogen) atoms. The van der Waals surface area contributed by atoms with Gasteiger partial charge in [0, 0.05) is 13.1 Å². The molecule has 0 atom stereocenters. The zero-order valence-electron chi connectivity index (χ0n) is 14.5. The van der Waals surface area contributed by atoms with E-state index < -0.39 is 33.2 Å². The minimum absolute atomic E-state index is 0.112. The number of amides is 2. The molecule has 0 saturated heterocycles. The Morgan fingerprint density at radius 1 is 1.30 bits per heavy atom. The van der Waals surface area contributed by atoms with Crippen LogP contribution in [0.3, 0.4) is 0 Å². The first-order valence-corrected chi connectivity index (χ1v) is 10.4. The Morgan fingerprint density at radius 2 is 2.04 bits per heavy atom. The van der Waals surface area contributed by atoms with E-state index in [0.29, 0.717) is 10.6 Å². The number of hydrogen-bond donors (Lipinski definition) is 1. The fraction of sp³-hybridized carbons (Fsp3) is 0.250. The smallest absolute Gasteiger partial charge is 0.263 e. The van der Waals surface area contributed by atoms with Crippen LogP contribution in [0.15, 0.2) is 39.8 Å². The van der Waals surface area contributed by atoms with E-state index >= 15 is 0 Å². The summed E-state index contributed by atoms with van der Waals surface area (Å²) in [4.78, 5) is 28.2. The lowest BCUT2D eigenvalue weighted by Gasteiger charge is -2.02. The van der Waals surface area contributed by atoms with Crippen LogP contribution in [0.4, 0.5) is 5.82 Å². The topological polar surface area (TPSA) is 124 Å². The molecule has 2 aromatic heterocycles. The van der Waals surface area contributed by atoms with Crippen molar-refractivity contribution in [3.8, 4) is 0 Å².